The Balaban J connectivity index is 1.62. The number of carbonyl (C=O) groups is 1. The fourth-order valence-corrected chi connectivity index (χ4v) is 3.60. The highest BCUT2D eigenvalue weighted by molar-refractivity contribution is 7.99. The summed E-state index contributed by atoms with van der Waals surface area (Å²) in [6, 6.07) is 13.7. The molecule has 2 heterocycles. The number of rotatable bonds is 6. The summed E-state index contributed by atoms with van der Waals surface area (Å²) in [5, 5.41) is 5.00. The van der Waals surface area contributed by atoms with Crippen LogP contribution in [0.3, 0.4) is 0 Å². The van der Waals surface area contributed by atoms with E-state index >= 15 is 0 Å². The highest BCUT2D eigenvalue weighted by Gasteiger charge is 2.11. The molecule has 1 aromatic carbocycles. The fourth-order valence-electron chi connectivity index (χ4n) is 1.94. The summed E-state index contributed by atoms with van der Waals surface area (Å²) in [6.45, 7) is 2.09. The van der Waals surface area contributed by atoms with Gasteiger partial charge >= 0.3 is 0 Å². The quantitative estimate of drug-likeness (QED) is 0.509. The molecular formula is C16H15N3OS2. The average molecular weight is 329 g/mol. The van der Waals surface area contributed by atoms with Crippen molar-refractivity contribution in [3.05, 3.63) is 58.5 Å². The van der Waals surface area contributed by atoms with E-state index in [1.54, 1.807) is 22.3 Å². The highest BCUT2D eigenvalue weighted by Crippen LogP contribution is 2.21. The van der Waals surface area contributed by atoms with Gasteiger partial charge in [-0.3, -0.25) is 4.79 Å². The van der Waals surface area contributed by atoms with E-state index in [1.807, 2.05) is 42.5 Å². The molecule has 4 nitrogen and oxygen atoms in total. The fraction of sp³-hybridized carbons (Fsp3) is 0.188. The second-order valence-corrected chi connectivity index (χ2v) is 6.75. The van der Waals surface area contributed by atoms with Crippen LogP contribution in [0, 0.1) is 0 Å². The molecule has 6 heteroatoms. The first kappa shape index (κ1) is 15.0. The van der Waals surface area contributed by atoms with Crippen molar-refractivity contribution in [1.29, 1.82) is 0 Å². The zero-order valence-corrected chi connectivity index (χ0v) is 13.7. The Hall–Kier alpha value is -1.92. The maximum Gasteiger partial charge on any atom is 0.209 e. The minimum absolute atomic E-state index is 0.130. The molecule has 0 amide bonds. The Kier molecular flexibility index (Phi) is 4.70. The molecule has 0 aliphatic carbocycles. The second kappa shape index (κ2) is 6.89. The van der Waals surface area contributed by atoms with Gasteiger partial charge in [0.2, 0.25) is 5.16 Å². The standard InChI is InChI=1S/C16H15N3OS2/c1-2-13-8-9-15(22-13)14(20)10-21-16-17-11-19(18-16)12-6-4-3-5-7-12/h3-9,11H,2,10H2,1H3. The topological polar surface area (TPSA) is 47.8 Å². The number of aryl methyl sites for hydroxylation is 1. The van der Waals surface area contributed by atoms with Gasteiger partial charge in [-0.25, -0.2) is 9.67 Å². The smallest absolute Gasteiger partial charge is 0.209 e. The first-order valence-corrected chi connectivity index (χ1v) is 8.78. The van der Waals surface area contributed by atoms with Crippen molar-refractivity contribution in [2.45, 2.75) is 18.5 Å². The summed E-state index contributed by atoms with van der Waals surface area (Å²) < 4.78 is 1.72. The van der Waals surface area contributed by atoms with Crippen LogP contribution in [0.2, 0.25) is 0 Å². The molecule has 0 aliphatic rings. The minimum Gasteiger partial charge on any atom is -0.292 e. The lowest BCUT2D eigenvalue weighted by Gasteiger charge is -1.98. The van der Waals surface area contributed by atoms with Crippen LogP contribution in [0.15, 0.2) is 53.9 Å². The minimum atomic E-state index is 0.130. The molecule has 0 aliphatic heterocycles. The lowest BCUT2D eigenvalue weighted by molar-refractivity contribution is 0.102. The molecule has 0 radical (unpaired) electrons. The van der Waals surface area contributed by atoms with Crippen molar-refractivity contribution in [3.63, 3.8) is 0 Å². The molecule has 3 rings (SSSR count). The second-order valence-electron chi connectivity index (χ2n) is 4.64. The molecule has 0 saturated heterocycles. The number of thiophene rings is 1. The van der Waals surface area contributed by atoms with Gasteiger partial charge in [-0.2, -0.15) is 0 Å². The van der Waals surface area contributed by atoms with E-state index in [-0.39, 0.29) is 5.78 Å². The molecular weight excluding hydrogens is 314 g/mol. The SMILES string of the molecule is CCc1ccc(C(=O)CSc2ncn(-c3ccccc3)n2)s1. The first-order valence-electron chi connectivity index (χ1n) is 6.98. The van der Waals surface area contributed by atoms with Gasteiger partial charge in [0, 0.05) is 4.88 Å². The summed E-state index contributed by atoms with van der Waals surface area (Å²) >= 11 is 2.94. The highest BCUT2D eigenvalue weighted by atomic mass is 32.2. The Morgan fingerprint density at radius 2 is 2.05 bits per heavy atom. The average Bonchev–Trinajstić information content (AvgIpc) is 3.22. The largest absolute Gasteiger partial charge is 0.292 e. The van der Waals surface area contributed by atoms with E-state index in [9.17, 15) is 4.79 Å². The Labute approximate surface area is 137 Å². The van der Waals surface area contributed by atoms with Crippen molar-refractivity contribution in [1.82, 2.24) is 14.8 Å². The van der Waals surface area contributed by atoms with Gasteiger partial charge in [0.1, 0.15) is 6.33 Å². The number of aromatic nitrogens is 3. The summed E-state index contributed by atoms with van der Waals surface area (Å²) in [6.07, 6.45) is 2.64. The molecule has 2 aromatic heterocycles. The third-order valence-corrected chi connectivity index (χ3v) is 5.23. The van der Waals surface area contributed by atoms with Crippen molar-refractivity contribution in [3.8, 4) is 5.69 Å². The van der Waals surface area contributed by atoms with Crippen molar-refractivity contribution in [2.75, 3.05) is 5.75 Å². The summed E-state index contributed by atoms with van der Waals surface area (Å²) in [5.41, 5.74) is 0.957. The number of Topliss-reactive ketones (excluding diaryl/α,β-unsaturated/α-hetero) is 1. The lowest BCUT2D eigenvalue weighted by Crippen LogP contribution is -2.00. The van der Waals surface area contributed by atoms with Crippen molar-refractivity contribution >= 4 is 28.9 Å². The van der Waals surface area contributed by atoms with Crippen molar-refractivity contribution in [2.24, 2.45) is 0 Å². The number of ketones is 1. The zero-order valence-electron chi connectivity index (χ0n) is 12.1. The van der Waals surface area contributed by atoms with E-state index in [0.29, 0.717) is 10.9 Å². The zero-order chi connectivity index (χ0) is 15.4. The molecule has 0 fully saturated rings. The van der Waals surface area contributed by atoms with Crippen LogP contribution < -0.4 is 0 Å². The summed E-state index contributed by atoms with van der Waals surface area (Å²) in [4.78, 5) is 18.4. The number of hydrogen-bond donors (Lipinski definition) is 0. The van der Waals surface area contributed by atoms with Crippen LogP contribution >= 0.6 is 23.1 Å². The molecule has 0 bridgehead atoms. The number of thioether (sulfide) groups is 1. The molecule has 0 N–H and O–H groups in total. The Morgan fingerprint density at radius 3 is 2.77 bits per heavy atom. The third-order valence-electron chi connectivity index (χ3n) is 3.11. The van der Waals surface area contributed by atoms with Gasteiger partial charge in [0.15, 0.2) is 5.78 Å². The van der Waals surface area contributed by atoms with Crippen LogP contribution in [-0.4, -0.2) is 26.3 Å². The molecule has 112 valence electrons. The number of nitrogens with zero attached hydrogens (tertiary/aromatic N) is 3. The van der Waals surface area contributed by atoms with Crippen LogP contribution in [0.25, 0.3) is 5.69 Å². The Morgan fingerprint density at radius 1 is 1.23 bits per heavy atom. The first-order chi connectivity index (χ1) is 10.8. The molecule has 0 saturated carbocycles. The van der Waals surface area contributed by atoms with Crippen LogP contribution in [0.5, 0.6) is 0 Å². The van der Waals surface area contributed by atoms with Crippen LogP contribution in [0.4, 0.5) is 0 Å². The van der Waals surface area contributed by atoms with Gasteiger partial charge < -0.3 is 0 Å². The monoisotopic (exact) mass is 329 g/mol. The van der Waals surface area contributed by atoms with E-state index in [0.717, 1.165) is 17.0 Å². The number of para-hydroxylation sites is 1. The number of hydrogen-bond acceptors (Lipinski definition) is 5. The van der Waals surface area contributed by atoms with Gasteiger partial charge in [-0.1, -0.05) is 36.9 Å². The summed E-state index contributed by atoms with van der Waals surface area (Å²) in [5.74, 6) is 0.494. The third kappa shape index (κ3) is 3.45. The molecule has 0 spiro atoms. The molecule has 0 unspecified atom stereocenters. The number of benzene rings is 1. The number of carbonyl (C=O) groups excluding carboxylic acids is 1. The van der Waals surface area contributed by atoms with Crippen LogP contribution in [-0.2, 0) is 6.42 Å². The molecule has 0 atom stereocenters. The maximum absolute atomic E-state index is 12.2. The van der Waals surface area contributed by atoms with E-state index in [2.05, 4.69) is 17.0 Å². The molecule has 22 heavy (non-hydrogen) atoms. The molecule has 3 aromatic rings. The van der Waals surface area contributed by atoms with Gasteiger partial charge in [-0.05, 0) is 30.7 Å². The van der Waals surface area contributed by atoms with E-state index in [1.165, 1.54) is 16.6 Å². The van der Waals surface area contributed by atoms with Crippen LogP contribution in [0.1, 0.15) is 21.5 Å². The van der Waals surface area contributed by atoms with Crippen molar-refractivity contribution < 1.29 is 4.79 Å². The van der Waals surface area contributed by atoms with E-state index in [4.69, 9.17) is 0 Å². The van der Waals surface area contributed by atoms with E-state index < -0.39 is 0 Å². The van der Waals surface area contributed by atoms with Gasteiger partial charge in [0.25, 0.3) is 0 Å². The predicted molar refractivity (Wildman–Crippen MR) is 90.1 cm³/mol. The normalized spacial score (nSPS) is 10.8. The predicted octanol–water partition coefficient (Wildman–Crippen LogP) is 3.87. The Bertz CT molecular complexity index is 765. The lowest BCUT2D eigenvalue weighted by atomic mass is 10.3. The summed E-state index contributed by atoms with van der Waals surface area (Å²) in [7, 11) is 0. The van der Waals surface area contributed by atoms with Gasteiger partial charge in [0.05, 0.1) is 16.3 Å². The van der Waals surface area contributed by atoms with Gasteiger partial charge in [-0.15, -0.1) is 16.4 Å². The maximum atomic E-state index is 12.2.